The molecule has 4 N–H and O–H groups in total. The van der Waals surface area contributed by atoms with Crippen LogP contribution in [-0.2, 0) is 19.7 Å². The van der Waals surface area contributed by atoms with Crippen molar-refractivity contribution in [3.05, 3.63) is 40.7 Å². The number of nitrogens with zero attached hydrogens (tertiary/aromatic N) is 3. The number of H-pyrrole nitrogens is 1. The van der Waals surface area contributed by atoms with Gasteiger partial charge in [-0.3, -0.25) is 9.59 Å². The molecule has 240 valence electrons. The number of amides is 1. The van der Waals surface area contributed by atoms with Crippen LogP contribution < -0.4 is 5.32 Å². The van der Waals surface area contributed by atoms with E-state index in [0.29, 0.717) is 5.52 Å². The second-order valence-electron chi connectivity index (χ2n) is 10.6. The quantitative estimate of drug-likeness (QED) is 0.283. The predicted molar refractivity (Wildman–Crippen MR) is 135 cm³/mol. The summed E-state index contributed by atoms with van der Waals surface area (Å²) in [4.78, 5) is 41.5. The highest BCUT2D eigenvalue weighted by Crippen LogP contribution is 2.42. The van der Waals surface area contributed by atoms with Crippen molar-refractivity contribution in [2.75, 3.05) is 13.2 Å². The Morgan fingerprint density at radius 2 is 1.68 bits per heavy atom. The number of aliphatic carboxylic acids is 2. The summed E-state index contributed by atoms with van der Waals surface area (Å²) < 4.78 is 85.2. The number of carboxylic acid groups (broad SMARTS) is 2. The molecule has 2 fully saturated rings. The molecule has 0 bridgehead atoms. The fraction of sp³-hybridized carbons (Fsp3) is 0.538. The molecule has 0 spiro atoms. The number of carbonyl (C=O) groups excluding carboxylic acids is 1. The number of hydrogen-bond donors (Lipinski definition) is 4. The minimum atomic E-state index is -5.08. The summed E-state index contributed by atoms with van der Waals surface area (Å²) >= 11 is 0. The third-order valence-electron chi connectivity index (χ3n) is 7.81. The Bertz CT molecular complexity index is 1520. The predicted octanol–water partition coefficient (Wildman–Crippen LogP) is 4.46. The number of nitrogens with one attached hydrogen (secondary N) is 2. The number of aryl methyl sites for hydroxylation is 1. The number of halogens is 6. The van der Waals surface area contributed by atoms with Crippen LogP contribution >= 0.6 is 0 Å². The zero-order chi connectivity index (χ0) is 32.4. The van der Waals surface area contributed by atoms with E-state index in [4.69, 9.17) is 14.6 Å². The molecule has 1 saturated heterocycles. The average molecular weight is 636 g/mol. The van der Waals surface area contributed by atoms with Gasteiger partial charge in [0.15, 0.2) is 11.5 Å². The Morgan fingerprint density at radius 3 is 2.20 bits per heavy atom. The first-order valence-electron chi connectivity index (χ1n) is 13.3. The molecule has 5 rings (SSSR count). The Labute approximate surface area is 244 Å². The van der Waals surface area contributed by atoms with Crippen LogP contribution in [0.3, 0.4) is 0 Å². The van der Waals surface area contributed by atoms with Crippen LogP contribution in [0.25, 0.3) is 11.0 Å². The summed E-state index contributed by atoms with van der Waals surface area (Å²) in [5.41, 5.74) is -1.03. The van der Waals surface area contributed by atoms with Crippen LogP contribution in [0.2, 0.25) is 0 Å². The highest BCUT2D eigenvalue weighted by molar-refractivity contribution is 5.93. The molecule has 1 aromatic carbocycles. The number of carbonyl (C=O) groups is 3. The van der Waals surface area contributed by atoms with Gasteiger partial charge in [-0.2, -0.15) is 13.2 Å². The molecule has 1 amide bonds. The molecule has 3 aromatic rings. The lowest BCUT2D eigenvalue weighted by molar-refractivity contribution is -0.192. The molecule has 1 atom stereocenters. The zero-order valence-corrected chi connectivity index (χ0v) is 23.0. The van der Waals surface area contributed by atoms with Crippen LogP contribution in [-0.4, -0.2) is 73.7 Å². The molecule has 1 aliphatic carbocycles. The molecule has 1 aliphatic heterocycles. The molecule has 12 nitrogen and oxygen atoms in total. The molecule has 3 heterocycles. The van der Waals surface area contributed by atoms with Crippen molar-refractivity contribution >= 4 is 28.9 Å². The minimum absolute atomic E-state index is 0.0102. The van der Waals surface area contributed by atoms with E-state index in [2.05, 4.69) is 30.2 Å². The van der Waals surface area contributed by atoms with Gasteiger partial charge in [-0.1, -0.05) is 11.2 Å². The molecule has 18 heteroatoms. The van der Waals surface area contributed by atoms with E-state index in [9.17, 15) is 36.6 Å². The van der Waals surface area contributed by atoms with Crippen molar-refractivity contribution in [1.29, 1.82) is 0 Å². The van der Waals surface area contributed by atoms with Crippen LogP contribution in [0.5, 0.6) is 0 Å². The summed E-state index contributed by atoms with van der Waals surface area (Å²) in [6, 6.07) is 2.12. The van der Waals surface area contributed by atoms with Gasteiger partial charge in [0, 0.05) is 31.6 Å². The smallest absolute Gasteiger partial charge is 0.481 e. The summed E-state index contributed by atoms with van der Waals surface area (Å²) in [6.45, 7) is 1.91. The minimum Gasteiger partial charge on any atom is -0.481 e. The number of benzene rings is 1. The van der Waals surface area contributed by atoms with Gasteiger partial charge in [0.25, 0.3) is 5.91 Å². The van der Waals surface area contributed by atoms with Gasteiger partial charge in [0.05, 0.1) is 17.0 Å². The Morgan fingerprint density at radius 1 is 1.07 bits per heavy atom. The van der Waals surface area contributed by atoms with Gasteiger partial charge in [-0.15, -0.1) is 0 Å². The van der Waals surface area contributed by atoms with Crippen molar-refractivity contribution in [2.45, 2.75) is 69.0 Å². The van der Waals surface area contributed by atoms with Crippen molar-refractivity contribution in [2.24, 2.45) is 5.92 Å². The van der Waals surface area contributed by atoms with Crippen LogP contribution in [0.1, 0.15) is 72.1 Å². The average Bonchev–Trinajstić information content (AvgIpc) is 3.59. The van der Waals surface area contributed by atoms with Crippen molar-refractivity contribution in [3.63, 3.8) is 0 Å². The Kier molecular flexibility index (Phi) is 9.22. The number of aromatic amines is 1. The molecule has 1 saturated carbocycles. The maximum atomic E-state index is 15.8. The van der Waals surface area contributed by atoms with Gasteiger partial charge >= 0.3 is 18.1 Å². The fourth-order valence-corrected chi connectivity index (χ4v) is 5.35. The number of hydrogen-bond acceptors (Lipinski definition) is 8. The summed E-state index contributed by atoms with van der Waals surface area (Å²) in [6.07, 6.45) is -5.33. The monoisotopic (exact) mass is 635 g/mol. The van der Waals surface area contributed by atoms with Crippen LogP contribution in [0.4, 0.5) is 26.3 Å². The van der Waals surface area contributed by atoms with E-state index in [1.807, 2.05) is 0 Å². The van der Waals surface area contributed by atoms with E-state index in [1.165, 1.54) is 13.0 Å². The zero-order valence-electron chi connectivity index (χ0n) is 23.0. The van der Waals surface area contributed by atoms with Gasteiger partial charge in [0.1, 0.15) is 17.0 Å². The molecule has 2 aromatic heterocycles. The topological polar surface area (TPSA) is 181 Å². The third-order valence-corrected chi connectivity index (χ3v) is 7.81. The maximum absolute atomic E-state index is 15.8. The molecular weight excluding hydrogens is 608 g/mol. The summed E-state index contributed by atoms with van der Waals surface area (Å²) in [7, 11) is 0. The van der Waals surface area contributed by atoms with Gasteiger partial charge < -0.3 is 25.3 Å². The number of carboxylic acids is 2. The van der Waals surface area contributed by atoms with E-state index in [-0.39, 0.29) is 80.0 Å². The molecule has 0 radical (unpaired) electrons. The second-order valence-corrected chi connectivity index (χ2v) is 10.6. The Balaban J connectivity index is 0.000000566. The molecule has 2 aliphatic rings. The van der Waals surface area contributed by atoms with E-state index >= 15 is 4.39 Å². The summed E-state index contributed by atoms with van der Waals surface area (Å²) in [5, 5.41) is 27.1. The second kappa shape index (κ2) is 12.4. The number of alkyl halides is 5. The van der Waals surface area contributed by atoms with E-state index in [0.717, 1.165) is 0 Å². The van der Waals surface area contributed by atoms with Crippen molar-refractivity contribution in [3.8, 4) is 0 Å². The number of rotatable bonds is 6. The number of imidazole rings is 1. The van der Waals surface area contributed by atoms with Crippen molar-refractivity contribution in [1.82, 2.24) is 25.6 Å². The lowest BCUT2D eigenvalue weighted by atomic mass is 9.74. The standard InChI is InChI=1S/C24H26F3N5O5.C2HF3O2/c1-12-17(32-37-31-12)21(33)30-18(13-4-6-24(26,27)7-5-13)20-28-15-3-2-14(16(25)19(15)29-20)23(22(34)35)8-10-36-11-9-23;3-2(4,5)1(6)7/h2-3,13,18H,4-11H2,1H3,(H,28,29)(H,30,33)(H,34,35);(H,6,7)/t18-;/m0./s1. The van der Waals surface area contributed by atoms with Crippen LogP contribution in [0, 0.1) is 18.7 Å². The lowest BCUT2D eigenvalue weighted by Gasteiger charge is -2.33. The van der Waals surface area contributed by atoms with E-state index in [1.54, 1.807) is 6.07 Å². The highest BCUT2D eigenvalue weighted by atomic mass is 19.4. The first kappa shape index (κ1) is 32.7. The largest absolute Gasteiger partial charge is 0.490 e. The summed E-state index contributed by atoms with van der Waals surface area (Å²) in [5.74, 6) is -8.33. The molecule has 0 unspecified atom stereocenters. The fourth-order valence-electron chi connectivity index (χ4n) is 5.35. The lowest BCUT2D eigenvalue weighted by Crippen LogP contribution is -2.42. The highest BCUT2D eigenvalue weighted by Gasteiger charge is 2.45. The van der Waals surface area contributed by atoms with Gasteiger partial charge in [-0.25, -0.2) is 27.6 Å². The Hall–Kier alpha value is -4.22. The van der Waals surface area contributed by atoms with Crippen LogP contribution in [0.15, 0.2) is 16.8 Å². The van der Waals surface area contributed by atoms with Gasteiger partial charge in [-0.05, 0) is 49.7 Å². The molecular formula is C26H27F6N5O7. The van der Waals surface area contributed by atoms with Gasteiger partial charge in [0.2, 0.25) is 5.92 Å². The first-order chi connectivity index (χ1) is 20.6. The SMILES string of the molecule is Cc1nonc1C(=O)N[C@H](c1nc2c(F)c(C3(C(=O)O)CCOCC3)ccc2[nH]1)C1CCC(F)(F)CC1.O=C(O)C(F)(F)F. The molecule has 44 heavy (non-hydrogen) atoms. The number of aromatic nitrogens is 4. The normalized spacial score (nSPS) is 19.1. The number of fused-ring (bicyclic) bond motifs is 1. The van der Waals surface area contributed by atoms with E-state index < -0.39 is 53.1 Å². The maximum Gasteiger partial charge on any atom is 0.490 e. The third kappa shape index (κ3) is 6.79. The number of ether oxygens (including phenoxy) is 1. The van der Waals surface area contributed by atoms with Crippen molar-refractivity contribution < 1.29 is 60.3 Å². The first-order valence-corrected chi connectivity index (χ1v) is 13.3.